The minimum atomic E-state index is -0.706. The van der Waals surface area contributed by atoms with Gasteiger partial charge in [-0.2, -0.15) is 0 Å². The van der Waals surface area contributed by atoms with Crippen LogP contribution in [0.25, 0.3) is 0 Å². The van der Waals surface area contributed by atoms with Gasteiger partial charge in [-0.05, 0) is 35.9 Å². The number of hydrogen-bond acceptors (Lipinski definition) is 3. The number of para-hydroxylation sites is 1. The van der Waals surface area contributed by atoms with Crippen LogP contribution in [0.1, 0.15) is 5.56 Å². The summed E-state index contributed by atoms with van der Waals surface area (Å²) in [4.78, 5) is 35.8. The first-order valence-electron chi connectivity index (χ1n) is 7.95. The summed E-state index contributed by atoms with van der Waals surface area (Å²) in [5, 5.41) is 7.80. The zero-order valence-corrected chi connectivity index (χ0v) is 13.7. The van der Waals surface area contributed by atoms with E-state index in [2.05, 4.69) is 16.0 Å². The van der Waals surface area contributed by atoms with E-state index in [4.69, 9.17) is 0 Å². The smallest absolute Gasteiger partial charge is 0.248 e. The van der Waals surface area contributed by atoms with Crippen molar-refractivity contribution in [2.24, 2.45) is 0 Å². The van der Waals surface area contributed by atoms with Gasteiger partial charge in [0.1, 0.15) is 11.9 Å². The van der Waals surface area contributed by atoms with E-state index < -0.39 is 23.7 Å². The van der Waals surface area contributed by atoms with Crippen molar-refractivity contribution in [1.29, 1.82) is 0 Å². The topological polar surface area (TPSA) is 87.3 Å². The van der Waals surface area contributed by atoms with Gasteiger partial charge in [-0.1, -0.05) is 18.2 Å². The highest BCUT2D eigenvalue weighted by atomic mass is 19.1. The fourth-order valence-electron chi connectivity index (χ4n) is 2.56. The molecule has 26 heavy (non-hydrogen) atoms. The minimum Gasteiger partial charge on any atom is -0.340 e. The summed E-state index contributed by atoms with van der Waals surface area (Å²) in [7, 11) is 0. The van der Waals surface area contributed by atoms with Crippen LogP contribution in [0.2, 0.25) is 0 Å². The lowest BCUT2D eigenvalue weighted by Gasteiger charge is -2.24. The number of hydrogen-bond donors (Lipinski definition) is 3. The molecule has 0 spiro atoms. The van der Waals surface area contributed by atoms with E-state index in [-0.39, 0.29) is 5.91 Å². The predicted molar refractivity (Wildman–Crippen MR) is 94.9 cm³/mol. The Labute approximate surface area is 149 Å². The van der Waals surface area contributed by atoms with Crippen LogP contribution in [-0.4, -0.2) is 23.8 Å². The number of carbonyl (C=O) groups excluding carboxylic acids is 3. The van der Waals surface area contributed by atoms with Gasteiger partial charge >= 0.3 is 0 Å². The largest absolute Gasteiger partial charge is 0.340 e. The van der Waals surface area contributed by atoms with Crippen LogP contribution < -0.4 is 16.0 Å². The summed E-state index contributed by atoms with van der Waals surface area (Å²) in [5.41, 5.74) is 2.07. The maximum Gasteiger partial charge on any atom is 0.248 e. The molecule has 3 rings (SSSR count). The zero-order valence-electron chi connectivity index (χ0n) is 13.7. The van der Waals surface area contributed by atoms with E-state index in [0.29, 0.717) is 12.1 Å². The van der Waals surface area contributed by atoms with Crippen LogP contribution in [0.4, 0.5) is 15.8 Å². The van der Waals surface area contributed by atoms with Gasteiger partial charge in [-0.25, -0.2) is 4.39 Å². The van der Waals surface area contributed by atoms with Gasteiger partial charge in [0.2, 0.25) is 17.7 Å². The second-order valence-electron chi connectivity index (χ2n) is 5.74. The molecule has 1 heterocycles. The molecular weight excluding hydrogens is 337 g/mol. The molecular formula is C19H16FN3O3. The molecule has 2 aromatic carbocycles. The number of halogens is 1. The van der Waals surface area contributed by atoms with Gasteiger partial charge in [0.15, 0.2) is 0 Å². The molecule has 2 aromatic rings. The van der Waals surface area contributed by atoms with E-state index in [0.717, 1.165) is 23.4 Å². The average Bonchev–Trinajstić information content (AvgIpc) is 2.62. The molecule has 132 valence electrons. The summed E-state index contributed by atoms with van der Waals surface area (Å²) in [6.07, 6.45) is 2.48. The number of carbonyl (C=O) groups is 3. The van der Waals surface area contributed by atoms with Gasteiger partial charge in [-0.3, -0.25) is 14.4 Å². The molecule has 1 atom stereocenters. The number of anilines is 2. The molecule has 0 aliphatic carbocycles. The summed E-state index contributed by atoms with van der Waals surface area (Å²) in [6, 6.07) is 11.9. The second-order valence-corrected chi connectivity index (χ2v) is 5.74. The van der Waals surface area contributed by atoms with Crippen molar-refractivity contribution in [2.75, 3.05) is 10.6 Å². The zero-order chi connectivity index (χ0) is 18.5. The second kappa shape index (κ2) is 7.60. The third-order valence-corrected chi connectivity index (χ3v) is 3.83. The summed E-state index contributed by atoms with van der Waals surface area (Å²) in [5.74, 6) is -1.81. The average molecular weight is 353 g/mol. The third kappa shape index (κ3) is 4.32. The van der Waals surface area contributed by atoms with Crippen LogP contribution in [-0.2, 0) is 20.8 Å². The van der Waals surface area contributed by atoms with Crippen LogP contribution >= 0.6 is 0 Å². The van der Waals surface area contributed by atoms with E-state index in [1.165, 1.54) is 24.3 Å². The number of benzene rings is 2. The monoisotopic (exact) mass is 353 g/mol. The molecule has 7 heteroatoms. The molecule has 3 amide bonds. The van der Waals surface area contributed by atoms with E-state index in [9.17, 15) is 18.8 Å². The Hall–Kier alpha value is -3.48. The Balaban J connectivity index is 1.55. The van der Waals surface area contributed by atoms with Crippen LogP contribution in [0.5, 0.6) is 0 Å². The standard InChI is InChI=1S/C19H16FN3O3/c20-13-5-7-14(8-6-13)21-17(24)9-10-18(25)22-16-11-12-3-1-2-4-15(12)23-19(16)26/h1-10,16H,11H2,(H,21,24)(H,22,25)(H,23,26)/b10-9+. The number of rotatable bonds is 4. The molecule has 3 N–H and O–H groups in total. The Morgan fingerprint density at radius 1 is 1.04 bits per heavy atom. The van der Waals surface area contributed by atoms with Gasteiger partial charge in [0.25, 0.3) is 0 Å². The maximum absolute atomic E-state index is 12.8. The number of amides is 3. The fraction of sp³-hybridized carbons (Fsp3) is 0.105. The van der Waals surface area contributed by atoms with Crippen LogP contribution in [0.3, 0.4) is 0 Å². The van der Waals surface area contributed by atoms with Crippen molar-refractivity contribution in [3.63, 3.8) is 0 Å². The van der Waals surface area contributed by atoms with Crippen molar-refractivity contribution in [3.8, 4) is 0 Å². The van der Waals surface area contributed by atoms with Crippen molar-refractivity contribution >= 4 is 29.1 Å². The molecule has 0 saturated heterocycles. The first-order valence-corrected chi connectivity index (χ1v) is 7.95. The summed E-state index contributed by atoms with van der Waals surface area (Å²) in [6.45, 7) is 0. The minimum absolute atomic E-state index is 0.304. The van der Waals surface area contributed by atoms with Crippen molar-refractivity contribution < 1.29 is 18.8 Å². The normalized spacial score (nSPS) is 15.9. The van der Waals surface area contributed by atoms with Crippen molar-refractivity contribution in [2.45, 2.75) is 12.5 Å². The Kier molecular flexibility index (Phi) is 5.07. The molecule has 0 saturated carbocycles. The highest BCUT2D eigenvalue weighted by molar-refractivity contribution is 6.05. The van der Waals surface area contributed by atoms with E-state index in [1.807, 2.05) is 18.2 Å². The molecule has 0 bridgehead atoms. The molecule has 6 nitrogen and oxygen atoms in total. The van der Waals surface area contributed by atoms with Gasteiger partial charge < -0.3 is 16.0 Å². The highest BCUT2D eigenvalue weighted by Crippen LogP contribution is 2.21. The molecule has 0 radical (unpaired) electrons. The third-order valence-electron chi connectivity index (χ3n) is 3.83. The Bertz CT molecular complexity index is 878. The molecule has 1 unspecified atom stereocenters. The highest BCUT2D eigenvalue weighted by Gasteiger charge is 2.26. The predicted octanol–water partition coefficient (Wildman–Crippen LogP) is 2.00. The molecule has 0 aromatic heterocycles. The first-order chi connectivity index (χ1) is 12.5. The van der Waals surface area contributed by atoms with Crippen LogP contribution in [0.15, 0.2) is 60.7 Å². The van der Waals surface area contributed by atoms with Crippen molar-refractivity contribution in [1.82, 2.24) is 5.32 Å². The van der Waals surface area contributed by atoms with Gasteiger partial charge in [-0.15, -0.1) is 0 Å². The van der Waals surface area contributed by atoms with Gasteiger partial charge in [0.05, 0.1) is 0 Å². The summed E-state index contributed by atoms with van der Waals surface area (Å²) < 4.78 is 12.8. The summed E-state index contributed by atoms with van der Waals surface area (Å²) >= 11 is 0. The Morgan fingerprint density at radius 3 is 2.50 bits per heavy atom. The van der Waals surface area contributed by atoms with Crippen molar-refractivity contribution in [3.05, 3.63) is 72.1 Å². The maximum atomic E-state index is 12.8. The number of fused-ring (bicyclic) bond motifs is 1. The van der Waals surface area contributed by atoms with E-state index >= 15 is 0 Å². The quantitative estimate of drug-likeness (QED) is 0.735. The first kappa shape index (κ1) is 17.3. The lowest BCUT2D eigenvalue weighted by Crippen LogP contribution is -2.47. The number of nitrogens with one attached hydrogen (secondary N) is 3. The fourth-order valence-corrected chi connectivity index (χ4v) is 2.56. The van der Waals surface area contributed by atoms with Gasteiger partial charge in [0, 0.05) is 29.9 Å². The van der Waals surface area contributed by atoms with E-state index in [1.54, 1.807) is 6.07 Å². The molecule has 1 aliphatic heterocycles. The molecule has 1 aliphatic rings. The Morgan fingerprint density at radius 2 is 1.73 bits per heavy atom. The SMILES string of the molecule is O=C(/C=C/C(=O)NC1Cc2ccccc2NC1=O)Nc1ccc(F)cc1. The lowest BCUT2D eigenvalue weighted by molar-refractivity contribution is -0.124. The van der Waals surface area contributed by atoms with Crippen LogP contribution in [0, 0.1) is 5.82 Å². The lowest BCUT2D eigenvalue weighted by atomic mass is 9.99. The molecule has 0 fully saturated rings.